The van der Waals surface area contributed by atoms with Gasteiger partial charge in [0, 0.05) is 17.1 Å². The summed E-state index contributed by atoms with van der Waals surface area (Å²) in [4.78, 5) is 37.8. The van der Waals surface area contributed by atoms with Crippen LogP contribution in [0.1, 0.15) is 34.6 Å². The molecule has 0 spiro atoms. The number of fused-ring (bicyclic) bond motifs is 1. The molecule has 2 aromatic rings. The Morgan fingerprint density at radius 2 is 2.05 bits per heavy atom. The van der Waals surface area contributed by atoms with Crippen LogP contribution in [0.15, 0.2) is 29.2 Å². The Labute approximate surface area is 109 Å². The Bertz CT molecular complexity index is 715. The minimum atomic E-state index is -0.652. The van der Waals surface area contributed by atoms with Crippen LogP contribution in [-0.2, 0) is 4.74 Å². The van der Waals surface area contributed by atoms with Crippen molar-refractivity contribution in [2.24, 2.45) is 0 Å². The number of aromatic nitrogens is 1. The lowest BCUT2D eigenvalue weighted by atomic mass is 10.1. The van der Waals surface area contributed by atoms with E-state index in [0.29, 0.717) is 16.5 Å². The quantitative estimate of drug-likeness (QED) is 0.674. The Balaban J connectivity index is 2.60. The fourth-order valence-electron chi connectivity index (χ4n) is 1.80. The van der Waals surface area contributed by atoms with E-state index in [4.69, 9.17) is 4.74 Å². The molecule has 19 heavy (non-hydrogen) atoms. The zero-order valence-electron chi connectivity index (χ0n) is 10.6. The number of carbonyl (C=O) groups is 2. The molecule has 5 nitrogen and oxygen atoms in total. The van der Waals surface area contributed by atoms with Crippen LogP contribution in [0, 0.1) is 0 Å². The summed E-state index contributed by atoms with van der Waals surface area (Å²) in [6.07, 6.45) is 1.31. The molecular weight excluding hydrogens is 246 g/mol. The third-order valence-corrected chi connectivity index (χ3v) is 2.78. The minimum Gasteiger partial charge on any atom is -0.462 e. The number of hydrogen-bond acceptors (Lipinski definition) is 4. The van der Waals surface area contributed by atoms with Crippen molar-refractivity contribution in [3.8, 4) is 0 Å². The lowest BCUT2D eigenvalue weighted by Crippen LogP contribution is -2.18. The highest BCUT2D eigenvalue weighted by molar-refractivity contribution is 5.99. The fourth-order valence-corrected chi connectivity index (χ4v) is 1.80. The zero-order chi connectivity index (χ0) is 14.0. The number of Topliss-reactive ketones (excluding diaryl/α,β-unsaturated/α-hetero) is 1. The van der Waals surface area contributed by atoms with E-state index in [1.165, 1.54) is 19.2 Å². The number of ketones is 1. The zero-order valence-corrected chi connectivity index (χ0v) is 10.6. The molecule has 0 fully saturated rings. The number of ether oxygens (including phenoxy) is 1. The van der Waals surface area contributed by atoms with E-state index in [-0.39, 0.29) is 18.0 Å². The predicted molar refractivity (Wildman–Crippen MR) is 70.5 cm³/mol. The second-order valence-electron chi connectivity index (χ2n) is 4.07. The van der Waals surface area contributed by atoms with Gasteiger partial charge in [-0.15, -0.1) is 0 Å². The number of aromatic amines is 1. The minimum absolute atomic E-state index is 0.0371. The van der Waals surface area contributed by atoms with Crippen LogP contribution in [0.5, 0.6) is 0 Å². The molecule has 0 aliphatic rings. The SMILES string of the molecule is CCOC(=O)c1c[nH]c2cc(C(C)=O)ccc2c1=O. The summed E-state index contributed by atoms with van der Waals surface area (Å²) in [6.45, 7) is 3.33. The van der Waals surface area contributed by atoms with Gasteiger partial charge in [0.1, 0.15) is 5.56 Å². The average Bonchev–Trinajstić information content (AvgIpc) is 2.38. The molecule has 0 radical (unpaired) electrons. The van der Waals surface area contributed by atoms with Gasteiger partial charge in [-0.1, -0.05) is 6.07 Å². The maximum Gasteiger partial charge on any atom is 0.343 e. The van der Waals surface area contributed by atoms with Crippen LogP contribution in [0.25, 0.3) is 10.9 Å². The van der Waals surface area contributed by atoms with Gasteiger partial charge in [-0.2, -0.15) is 0 Å². The number of benzene rings is 1. The van der Waals surface area contributed by atoms with E-state index in [2.05, 4.69) is 4.98 Å². The van der Waals surface area contributed by atoms with Gasteiger partial charge < -0.3 is 9.72 Å². The molecule has 0 aliphatic carbocycles. The van der Waals surface area contributed by atoms with Crippen molar-refractivity contribution < 1.29 is 14.3 Å². The molecule has 0 amide bonds. The van der Waals surface area contributed by atoms with E-state index in [0.717, 1.165) is 0 Å². The average molecular weight is 259 g/mol. The summed E-state index contributed by atoms with van der Waals surface area (Å²) in [5.41, 5.74) is 0.588. The molecule has 1 aromatic heterocycles. The smallest absolute Gasteiger partial charge is 0.343 e. The summed E-state index contributed by atoms with van der Waals surface area (Å²) in [5.74, 6) is -0.737. The molecule has 1 N–H and O–H groups in total. The van der Waals surface area contributed by atoms with Crippen molar-refractivity contribution in [1.82, 2.24) is 4.98 Å². The van der Waals surface area contributed by atoms with Crippen LogP contribution in [-0.4, -0.2) is 23.3 Å². The second kappa shape index (κ2) is 5.06. The molecule has 0 unspecified atom stereocenters. The van der Waals surface area contributed by atoms with Crippen molar-refractivity contribution >= 4 is 22.7 Å². The van der Waals surface area contributed by atoms with Crippen molar-refractivity contribution in [1.29, 1.82) is 0 Å². The van der Waals surface area contributed by atoms with Gasteiger partial charge in [-0.05, 0) is 26.0 Å². The highest BCUT2D eigenvalue weighted by Gasteiger charge is 2.14. The first kappa shape index (κ1) is 13.0. The molecule has 0 saturated carbocycles. The summed E-state index contributed by atoms with van der Waals surface area (Å²) in [7, 11) is 0. The van der Waals surface area contributed by atoms with E-state index < -0.39 is 11.4 Å². The van der Waals surface area contributed by atoms with Gasteiger partial charge in [0.25, 0.3) is 0 Å². The number of pyridine rings is 1. The van der Waals surface area contributed by atoms with E-state index >= 15 is 0 Å². The predicted octanol–water partition coefficient (Wildman–Crippen LogP) is 1.91. The van der Waals surface area contributed by atoms with Crippen LogP contribution in [0.3, 0.4) is 0 Å². The highest BCUT2D eigenvalue weighted by atomic mass is 16.5. The van der Waals surface area contributed by atoms with E-state index in [9.17, 15) is 14.4 Å². The Kier molecular flexibility index (Phi) is 3.46. The van der Waals surface area contributed by atoms with Gasteiger partial charge in [0.05, 0.1) is 12.1 Å². The fraction of sp³-hybridized carbons (Fsp3) is 0.214. The molecule has 0 aliphatic heterocycles. The molecule has 1 heterocycles. The van der Waals surface area contributed by atoms with Crippen LogP contribution in [0.2, 0.25) is 0 Å². The number of carbonyl (C=O) groups excluding carboxylic acids is 2. The second-order valence-corrected chi connectivity index (χ2v) is 4.07. The number of rotatable bonds is 3. The number of nitrogens with one attached hydrogen (secondary N) is 1. The third kappa shape index (κ3) is 2.40. The Morgan fingerprint density at radius 1 is 1.32 bits per heavy atom. The van der Waals surface area contributed by atoms with Gasteiger partial charge in [0.2, 0.25) is 5.43 Å². The summed E-state index contributed by atoms with van der Waals surface area (Å²) in [5, 5.41) is 0.357. The van der Waals surface area contributed by atoms with Crippen molar-refractivity contribution in [2.75, 3.05) is 6.61 Å². The summed E-state index contributed by atoms with van der Waals surface area (Å²) >= 11 is 0. The third-order valence-electron chi connectivity index (χ3n) is 2.78. The maximum atomic E-state index is 12.1. The standard InChI is InChI=1S/C14H13NO4/c1-3-19-14(18)11-7-15-12-6-9(8(2)16)4-5-10(12)13(11)17/h4-7H,3H2,1-2H3,(H,15,17). The van der Waals surface area contributed by atoms with Gasteiger partial charge in [-0.25, -0.2) is 4.79 Å². The van der Waals surface area contributed by atoms with Crippen LogP contribution >= 0.6 is 0 Å². The first-order valence-corrected chi connectivity index (χ1v) is 5.88. The molecule has 1 aromatic carbocycles. The number of hydrogen-bond donors (Lipinski definition) is 1. The van der Waals surface area contributed by atoms with Gasteiger partial charge in [-0.3, -0.25) is 9.59 Å². The summed E-state index contributed by atoms with van der Waals surface area (Å²) in [6, 6.07) is 4.69. The molecular formula is C14H13NO4. The maximum absolute atomic E-state index is 12.1. The Hall–Kier alpha value is -2.43. The van der Waals surface area contributed by atoms with E-state index in [1.54, 1.807) is 19.1 Å². The first-order chi connectivity index (χ1) is 9.04. The van der Waals surface area contributed by atoms with Crippen LogP contribution < -0.4 is 5.43 Å². The van der Waals surface area contributed by atoms with Gasteiger partial charge in [0.15, 0.2) is 5.78 Å². The number of esters is 1. The van der Waals surface area contributed by atoms with Gasteiger partial charge >= 0.3 is 5.97 Å². The van der Waals surface area contributed by atoms with Crippen molar-refractivity contribution in [3.05, 3.63) is 45.7 Å². The Morgan fingerprint density at radius 3 is 2.68 bits per heavy atom. The molecule has 0 bridgehead atoms. The summed E-state index contributed by atoms with van der Waals surface area (Å²) < 4.78 is 4.81. The largest absolute Gasteiger partial charge is 0.462 e. The molecule has 0 atom stereocenters. The number of H-pyrrole nitrogens is 1. The molecule has 2 rings (SSSR count). The van der Waals surface area contributed by atoms with Crippen LogP contribution in [0.4, 0.5) is 0 Å². The lowest BCUT2D eigenvalue weighted by molar-refractivity contribution is 0.0524. The van der Waals surface area contributed by atoms with Crippen molar-refractivity contribution in [3.63, 3.8) is 0 Å². The van der Waals surface area contributed by atoms with E-state index in [1.807, 2.05) is 0 Å². The topological polar surface area (TPSA) is 76.2 Å². The monoisotopic (exact) mass is 259 g/mol. The first-order valence-electron chi connectivity index (χ1n) is 5.88. The normalized spacial score (nSPS) is 10.4. The highest BCUT2D eigenvalue weighted by Crippen LogP contribution is 2.12. The lowest BCUT2D eigenvalue weighted by Gasteiger charge is -2.04. The molecule has 5 heteroatoms. The van der Waals surface area contributed by atoms with Crippen molar-refractivity contribution in [2.45, 2.75) is 13.8 Å². The molecule has 98 valence electrons. The molecule has 0 saturated heterocycles.